The van der Waals surface area contributed by atoms with E-state index in [0.29, 0.717) is 35.8 Å². The highest BCUT2D eigenvalue weighted by Crippen LogP contribution is 2.37. The lowest BCUT2D eigenvalue weighted by Crippen LogP contribution is -2.35. The SMILES string of the molecule is COc1ccccc1C(C)CC(=O)Nc1sc2c(c1C#N)CCN(C(=O)OCc1ccccn1)C2. The van der Waals surface area contributed by atoms with E-state index in [9.17, 15) is 14.9 Å². The van der Waals surface area contributed by atoms with Crippen LogP contribution in [0.1, 0.15) is 46.5 Å². The maximum Gasteiger partial charge on any atom is 0.410 e. The van der Waals surface area contributed by atoms with Crippen molar-refractivity contribution in [2.24, 2.45) is 0 Å². The van der Waals surface area contributed by atoms with E-state index >= 15 is 0 Å². The molecule has 2 aromatic heterocycles. The number of anilines is 1. The van der Waals surface area contributed by atoms with Crippen molar-refractivity contribution in [3.05, 3.63) is 75.9 Å². The number of thiophene rings is 1. The first kappa shape index (κ1) is 24.2. The fourth-order valence-electron chi connectivity index (χ4n) is 4.12. The second kappa shape index (κ2) is 11.0. The first-order valence-electron chi connectivity index (χ1n) is 11.3. The van der Waals surface area contributed by atoms with Gasteiger partial charge in [0.1, 0.15) is 23.4 Å². The fourth-order valence-corrected chi connectivity index (χ4v) is 5.35. The minimum absolute atomic E-state index is 0.0596. The summed E-state index contributed by atoms with van der Waals surface area (Å²) in [4.78, 5) is 32.0. The second-order valence-electron chi connectivity index (χ2n) is 8.26. The quantitative estimate of drug-likeness (QED) is 0.508. The zero-order valence-electron chi connectivity index (χ0n) is 19.6. The van der Waals surface area contributed by atoms with Gasteiger partial charge in [0, 0.05) is 24.0 Å². The van der Waals surface area contributed by atoms with E-state index in [-0.39, 0.29) is 24.9 Å². The summed E-state index contributed by atoms with van der Waals surface area (Å²) in [5, 5.41) is 13.2. The maximum absolute atomic E-state index is 12.8. The Morgan fingerprint density at radius 3 is 2.80 bits per heavy atom. The smallest absolute Gasteiger partial charge is 0.410 e. The van der Waals surface area contributed by atoms with E-state index in [0.717, 1.165) is 21.8 Å². The van der Waals surface area contributed by atoms with E-state index in [4.69, 9.17) is 9.47 Å². The standard InChI is InChI=1S/C26H26N4O4S/c1-17(19-8-3-4-9-22(19)33-2)13-24(31)29-25-21(14-27)20-10-12-30(15-23(20)35-25)26(32)34-16-18-7-5-6-11-28-18/h3-9,11,17H,10,12-13,15-16H2,1-2H3,(H,29,31). The molecule has 0 aliphatic carbocycles. The molecule has 3 aromatic rings. The van der Waals surface area contributed by atoms with Crippen LogP contribution >= 0.6 is 11.3 Å². The molecule has 180 valence electrons. The van der Waals surface area contributed by atoms with Gasteiger partial charge in [-0.25, -0.2) is 4.79 Å². The highest BCUT2D eigenvalue weighted by atomic mass is 32.1. The predicted molar refractivity (Wildman–Crippen MR) is 132 cm³/mol. The van der Waals surface area contributed by atoms with E-state index in [1.165, 1.54) is 11.3 Å². The lowest BCUT2D eigenvalue weighted by atomic mass is 9.96. The molecular weight excluding hydrogens is 464 g/mol. The molecule has 1 aliphatic rings. The fraction of sp³-hybridized carbons (Fsp3) is 0.308. The molecule has 0 fully saturated rings. The van der Waals surface area contributed by atoms with Crippen LogP contribution in [0.3, 0.4) is 0 Å². The number of carbonyl (C=O) groups is 2. The number of hydrogen-bond acceptors (Lipinski definition) is 7. The molecular formula is C26H26N4O4S. The third-order valence-electron chi connectivity index (χ3n) is 5.91. The Hall–Kier alpha value is -3.90. The Balaban J connectivity index is 1.40. The third-order valence-corrected chi connectivity index (χ3v) is 7.04. The number of ether oxygens (including phenoxy) is 2. The highest BCUT2D eigenvalue weighted by Gasteiger charge is 2.28. The second-order valence-corrected chi connectivity index (χ2v) is 9.37. The number of rotatable bonds is 7. The summed E-state index contributed by atoms with van der Waals surface area (Å²) in [6, 6.07) is 15.3. The van der Waals surface area contributed by atoms with E-state index in [1.54, 1.807) is 30.3 Å². The van der Waals surface area contributed by atoms with Crippen LogP contribution in [0.4, 0.5) is 9.80 Å². The zero-order valence-corrected chi connectivity index (χ0v) is 20.4. The van der Waals surface area contributed by atoms with Crippen molar-refractivity contribution >= 4 is 28.3 Å². The number of nitrogens with zero attached hydrogens (tertiary/aromatic N) is 3. The van der Waals surface area contributed by atoms with Crippen LogP contribution in [0.2, 0.25) is 0 Å². The first-order chi connectivity index (χ1) is 17.0. The Kier molecular flexibility index (Phi) is 7.63. The number of benzene rings is 1. The molecule has 1 aromatic carbocycles. The molecule has 0 saturated carbocycles. The van der Waals surface area contributed by atoms with Crippen molar-refractivity contribution in [1.29, 1.82) is 5.26 Å². The van der Waals surface area contributed by atoms with Gasteiger partial charge in [0.25, 0.3) is 0 Å². The number of para-hydroxylation sites is 1. The van der Waals surface area contributed by atoms with Gasteiger partial charge < -0.3 is 19.7 Å². The van der Waals surface area contributed by atoms with Crippen LogP contribution in [0.25, 0.3) is 0 Å². The molecule has 8 nitrogen and oxygen atoms in total. The predicted octanol–water partition coefficient (Wildman–Crippen LogP) is 4.85. The molecule has 9 heteroatoms. The normalized spacial score (nSPS) is 13.3. The summed E-state index contributed by atoms with van der Waals surface area (Å²) in [7, 11) is 1.61. The van der Waals surface area contributed by atoms with Crippen molar-refractivity contribution in [1.82, 2.24) is 9.88 Å². The average molecular weight is 491 g/mol. The molecule has 2 amide bonds. The number of pyridine rings is 1. The van der Waals surface area contributed by atoms with Gasteiger partial charge in [-0.3, -0.25) is 9.78 Å². The number of aromatic nitrogens is 1. The van der Waals surface area contributed by atoms with Crippen LogP contribution in [0, 0.1) is 11.3 Å². The Morgan fingerprint density at radius 1 is 1.26 bits per heavy atom. The van der Waals surface area contributed by atoms with Gasteiger partial charge in [0.05, 0.1) is 24.9 Å². The molecule has 35 heavy (non-hydrogen) atoms. The summed E-state index contributed by atoms with van der Waals surface area (Å²) in [6.07, 6.45) is 2.00. The van der Waals surface area contributed by atoms with Crippen molar-refractivity contribution in [2.75, 3.05) is 19.0 Å². The zero-order chi connectivity index (χ0) is 24.8. The lowest BCUT2D eigenvalue weighted by Gasteiger charge is -2.26. The molecule has 1 unspecified atom stereocenters. The minimum Gasteiger partial charge on any atom is -0.496 e. The largest absolute Gasteiger partial charge is 0.496 e. The van der Waals surface area contributed by atoms with Crippen LogP contribution in [0.15, 0.2) is 48.7 Å². The molecule has 1 N–H and O–H groups in total. The number of hydrogen-bond donors (Lipinski definition) is 1. The topological polar surface area (TPSA) is 105 Å². The molecule has 1 aliphatic heterocycles. The summed E-state index contributed by atoms with van der Waals surface area (Å²) in [6.45, 7) is 2.85. The highest BCUT2D eigenvalue weighted by molar-refractivity contribution is 7.16. The summed E-state index contributed by atoms with van der Waals surface area (Å²) < 4.78 is 10.8. The van der Waals surface area contributed by atoms with Gasteiger partial charge in [-0.15, -0.1) is 11.3 Å². The molecule has 0 saturated heterocycles. The van der Waals surface area contributed by atoms with Gasteiger partial charge in [-0.1, -0.05) is 31.2 Å². The average Bonchev–Trinajstić information content (AvgIpc) is 3.23. The van der Waals surface area contributed by atoms with E-state index in [1.807, 2.05) is 37.3 Å². The number of nitriles is 1. The number of fused-ring (bicyclic) bond motifs is 1. The summed E-state index contributed by atoms with van der Waals surface area (Å²) >= 11 is 1.34. The van der Waals surface area contributed by atoms with E-state index < -0.39 is 6.09 Å². The number of methoxy groups -OCH3 is 1. The number of amides is 2. The van der Waals surface area contributed by atoms with Crippen molar-refractivity contribution in [3.8, 4) is 11.8 Å². The molecule has 4 rings (SSSR count). The molecule has 0 radical (unpaired) electrons. The Morgan fingerprint density at radius 2 is 2.06 bits per heavy atom. The van der Waals surface area contributed by atoms with Crippen LogP contribution in [0.5, 0.6) is 5.75 Å². The van der Waals surface area contributed by atoms with Crippen molar-refractivity contribution in [2.45, 2.75) is 38.8 Å². The Labute approximate surface area is 208 Å². The monoisotopic (exact) mass is 490 g/mol. The summed E-state index contributed by atoms with van der Waals surface area (Å²) in [5.74, 6) is 0.507. The maximum atomic E-state index is 12.8. The van der Waals surface area contributed by atoms with Gasteiger partial charge in [-0.2, -0.15) is 5.26 Å². The van der Waals surface area contributed by atoms with Gasteiger partial charge >= 0.3 is 6.09 Å². The van der Waals surface area contributed by atoms with Crippen LogP contribution < -0.4 is 10.1 Å². The molecule has 0 bridgehead atoms. The van der Waals surface area contributed by atoms with Crippen molar-refractivity contribution in [3.63, 3.8) is 0 Å². The number of carbonyl (C=O) groups excluding carboxylic acids is 2. The summed E-state index contributed by atoms with van der Waals surface area (Å²) in [5.41, 5.74) is 2.99. The molecule has 0 spiro atoms. The molecule has 1 atom stereocenters. The minimum atomic E-state index is -0.426. The van der Waals surface area contributed by atoms with Gasteiger partial charge in [0.15, 0.2) is 0 Å². The lowest BCUT2D eigenvalue weighted by molar-refractivity contribution is -0.116. The van der Waals surface area contributed by atoms with E-state index in [2.05, 4.69) is 16.4 Å². The Bertz CT molecular complexity index is 1250. The van der Waals surface area contributed by atoms with Gasteiger partial charge in [-0.05, 0) is 41.7 Å². The first-order valence-corrected chi connectivity index (χ1v) is 12.1. The van der Waals surface area contributed by atoms with Crippen LogP contribution in [-0.4, -0.2) is 35.5 Å². The molecule has 3 heterocycles. The van der Waals surface area contributed by atoms with Crippen molar-refractivity contribution < 1.29 is 19.1 Å². The van der Waals surface area contributed by atoms with Gasteiger partial charge in [0.2, 0.25) is 5.91 Å². The third kappa shape index (κ3) is 5.61. The van der Waals surface area contributed by atoms with Crippen LogP contribution in [-0.2, 0) is 29.1 Å². The number of nitrogens with one attached hydrogen (secondary N) is 1.